The van der Waals surface area contributed by atoms with Crippen molar-refractivity contribution in [2.75, 3.05) is 27.2 Å². The van der Waals surface area contributed by atoms with Gasteiger partial charge in [-0.2, -0.15) is 13.2 Å². The molecule has 0 saturated heterocycles. The predicted octanol–water partition coefficient (Wildman–Crippen LogP) is 3.78. The van der Waals surface area contributed by atoms with Crippen LogP contribution < -0.4 is 5.32 Å². The molecule has 120 valence electrons. The maximum absolute atomic E-state index is 12.2. The highest BCUT2D eigenvalue weighted by atomic mass is 19.4. The Kier molecular flexibility index (Phi) is 7.18. The van der Waals surface area contributed by atoms with E-state index < -0.39 is 12.6 Å². The van der Waals surface area contributed by atoms with E-state index in [1.54, 1.807) is 11.9 Å². The number of hydrogen-bond acceptors (Lipinski definition) is 2. The van der Waals surface area contributed by atoms with Gasteiger partial charge in [0.05, 0.1) is 6.42 Å². The predicted molar refractivity (Wildman–Crippen MR) is 80.4 cm³/mol. The summed E-state index contributed by atoms with van der Waals surface area (Å²) in [4.78, 5) is 1.72. The SMILES string of the molecule is CCCc1ccc(C(CN(C)CCC(F)(F)F)NC)cc1. The zero-order chi connectivity index (χ0) is 15.9. The van der Waals surface area contributed by atoms with Crippen LogP contribution in [0.1, 0.15) is 36.9 Å². The summed E-state index contributed by atoms with van der Waals surface area (Å²) in [5, 5.41) is 3.17. The molecule has 0 aliphatic rings. The van der Waals surface area contributed by atoms with Gasteiger partial charge in [-0.15, -0.1) is 0 Å². The monoisotopic (exact) mass is 302 g/mol. The first-order valence-electron chi connectivity index (χ1n) is 7.37. The fraction of sp³-hybridized carbons (Fsp3) is 0.625. The molecule has 1 rings (SSSR count). The number of benzene rings is 1. The van der Waals surface area contributed by atoms with E-state index in [2.05, 4.69) is 36.5 Å². The summed E-state index contributed by atoms with van der Waals surface area (Å²) >= 11 is 0. The lowest BCUT2D eigenvalue weighted by Gasteiger charge is -2.24. The molecule has 2 nitrogen and oxygen atoms in total. The molecular formula is C16H25F3N2. The average molecular weight is 302 g/mol. The van der Waals surface area contributed by atoms with Crippen molar-refractivity contribution in [3.05, 3.63) is 35.4 Å². The van der Waals surface area contributed by atoms with Crippen LogP contribution in [0, 0.1) is 0 Å². The van der Waals surface area contributed by atoms with Crippen LogP contribution in [0.5, 0.6) is 0 Å². The molecule has 0 spiro atoms. The highest BCUT2D eigenvalue weighted by Gasteiger charge is 2.27. The number of aryl methyl sites for hydroxylation is 1. The molecule has 5 heteroatoms. The van der Waals surface area contributed by atoms with Crippen LogP contribution in [0.4, 0.5) is 13.2 Å². The normalized spacial score (nSPS) is 13.7. The molecule has 1 unspecified atom stereocenters. The van der Waals surface area contributed by atoms with Gasteiger partial charge in [0.1, 0.15) is 0 Å². The van der Waals surface area contributed by atoms with Crippen LogP contribution >= 0.6 is 0 Å². The Morgan fingerprint density at radius 2 is 1.81 bits per heavy atom. The van der Waals surface area contributed by atoms with Crippen molar-refractivity contribution in [1.82, 2.24) is 10.2 Å². The summed E-state index contributed by atoms with van der Waals surface area (Å²) in [6.45, 7) is 2.72. The first-order chi connectivity index (χ1) is 9.85. The molecule has 0 fully saturated rings. The van der Waals surface area contributed by atoms with E-state index in [9.17, 15) is 13.2 Å². The van der Waals surface area contributed by atoms with Gasteiger partial charge in [-0.1, -0.05) is 37.6 Å². The Balaban J connectivity index is 2.57. The summed E-state index contributed by atoms with van der Waals surface area (Å²) in [5.74, 6) is 0. The van der Waals surface area contributed by atoms with Crippen molar-refractivity contribution in [2.24, 2.45) is 0 Å². The topological polar surface area (TPSA) is 15.3 Å². The number of likely N-dealkylation sites (N-methyl/N-ethyl adjacent to an activating group) is 2. The number of halogens is 3. The quantitative estimate of drug-likeness (QED) is 0.786. The molecule has 0 amide bonds. The van der Waals surface area contributed by atoms with E-state index in [1.165, 1.54) is 5.56 Å². The Labute approximate surface area is 125 Å². The smallest absolute Gasteiger partial charge is 0.312 e. The van der Waals surface area contributed by atoms with Crippen molar-refractivity contribution in [2.45, 2.75) is 38.4 Å². The molecule has 0 aliphatic heterocycles. The van der Waals surface area contributed by atoms with Gasteiger partial charge in [-0.25, -0.2) is 0 Å². The van der Waals surface area contributed by atoms with E-state index in [1.807, 2.05) is 7.05 Å². The summed E-state index contributed by atoms with van der Waals surface area (Å²) in [6, 6.07) is 8.35. The molecule has 0 heterocycles. The van der Waals surface area contributed by atoms with Crippen LogP contribution in [-0.2, 0) is 6.42 Å². The minimum Gasteiger partial charge on any atom is -0.312 e. The molecule has 1 aromatic rings. The van der Waals surface area contributed by atoms with E-state index >= 15 is 0 Å². The van der Waals surface area contributed by atoms with Crippen molar-refractivity contribution < 1.29 is 13.2 Å². The molecule has 1 aromatic carbocycles. The molecule has 0 aliphatic carbocycles. The third-order valence-electron chi connectivity index (χ3n) is 3.54. The number of hydrogen-bond donors (Lipinski definition) is 1. The van der Waals surface area contributed by atoms with Gasteiger partial charge in [-0.05, 0) is 31.6 Å². The largest absolute Gasteiger partial charge is 0.390 e. The Bertz CT molecular complexity index is 401. The first kappa shape index (κ1) is 18.0. The van der Waals surface area contributed by atoms with Crippen molar-refractivity contribution in [1.29, 1.82) is 0 Å². The Hall–Kier alpha value is -1.07. The average Bonchev–Trinajstić information content (AvgIpc) is 2.43. The Morgan fingerprint density at radius 3 is 2.29 bits per heavy atom. The summed E-state index contributed by atoms with van der Waals surface area (Å²) < 4.78 is 36.7. The van der Waals surface area contributed by atoms with Gasteiger partial charge in [0, 0.05) is 19.1 Å². The van der Waals surface area contributed by atoms with Gasteiger partial charge >= 0.3 is 6.18 Å². The maximum Gasteiger partial charge on any atom is 0.390 e. The maximum atomic E-state index is 12.2. The summed E-state index contributed by atoms with van der Waals surface area (Å²) in [7, 11) is 3.56. The molecule has 0 saturated carbocycles. The van der Waals surface area contributed by atoms with Gasteiger partial charge in [0.25, 0.3) is 0 Å². The second-order valence-electron chi connectivity index (χ2n) is 5.46. The van der Waals surface area contributed by atoms with Crippen molar-refractivity contribution >= 4 is 0 Å². The fourth-order valence-corrected chi connectivity index (χ4v) is 2.29. The van der Waals surface area contributed by atoms with Gasteiger partial charge in [0.15, 0.2) is 0 Å². The van der Waals surface area contributed by atoms with Gasteiger partial charge in [-0.3, -0.25) is 0 Å². The summed E-state index contributed by atoms with van der Waals surface area (Å²) in [5.41, 5.74) is 2.40. The van der Waals surface area contributed by atoms with Crippen LogP contribution in [0.15, 0.2) is 24.3 Å². The van der Waals surface area contributed by atoms with Crippen LogP contribution in [0.2, 0.25) is 0 Å². The summed E-state index contributed by atoms with van der Waals surface area (Å²) in [6.07, 6.45) is -2.70. The minimum atomic E-state index is -4.09. The van der Waals surface area contributed by atoms with E-state index in [4.69, 9.17) is 0 Å². The molecular weight excluding hydrogens is 277 g/mol. The van der Waals surface area contributed by atoms with Gasteiger partial charge in [0.2, 0.25) is 0 Å². The third kappa shape index (κ3) is 6.96. The van der Waals surface area contributed by atoms with E-state index in [0.29, 0.717) is 6.54 Å². The Morgan fingerprint density at radius 1 is 1.19 bits per heavy atom. The molecule has 1 N–H and O–H groups in total. The fourth-order valence-electron chi connectivity index (χ4n) is 2.29. The molecule has 0 radical (unpaired) electrons. The highest BCUT2D eigenvalue weighted by Crippen LogP contribution is 2.21. The van der Waals surface area contributed by atoms with E-state index in [0.717, 1.165) is 18.4 Å². The number of nitrogens with zero attached hydrogens (tertiary/aromatic N) is 1. The number of alkyl halides is 3. The molecule has 1 atom stereocenters. The van der Waals surface area contributed by atoms with Crippen LogP contribution in [-0.4, -0.2) is 38.3 Å². The van der Waals surface area contributed by atoms with E-state index in [-0.39, 0.29) is 12.6 Å². The van der Waals surface area contributed by atoms with Gasteiger partial charge < -0.3 is 10.2 Å². The second kappa shape index (κ2) is 8.39. The highest BCUT2D eigenvalue weighted by molar-refractivity contribution is 5.25. The lowest BCUT2D eigenvalue weighted by atomic mass is 10.0. The minimum absolute atomic E-state index is 0.0234. The first-order valence-corrected chi connectivity index (χ1v) is 7.37. The van der Waals surface area contributed by atoms with Crippen LogP contribution in [0.25, 0.3) is 0 Å². The zero-order valence-electron chi connectivity index (χ0n) is 13.0. The lowest BCUT2D eigenvalue weighted by molar-refractivity contribution is -0.137. The standard InChI is InChI=1S/C16H25F3N2/c1-4-5-13-6-8-14(9-7-13)15(20-2)12-21(3)11-10-16(17,18)19/h6-9,15,20H,4-5,10-12H2,1-3H3. The van der Waals surface area contributed by atoms with Crippen molar-refractivity contribution in [3.8, 4) is 0 Å². The molecule has 0 bridgehead atoms. The number of nitrogens with one attached hydrogen (secondary N) is 1. The molecule has 21 heavy (non-hydrogen) atoms. The zero-order valence-corrected chi connectivity index (χ0v) is 13.0. The molecule has 0 aromatic heterocycles. The van der Waals surface area contributed by atoms with Crippen molar-refractivity contribution in [3.63, 3.8) is 0 Å². The second-order valence-corrected chi connectivity index (χ2v) is 5.46. The number of rotatable bonds is 8. The lowest BCUT2D eigenvalue weighted by Crippen LogP contribution is -2.33. The third-order valence-corrected chi connectivity index (χ3v) is 3.54. The van der Waals surface area contributed by atoms with Crippen LogP contribution in [0.3, 0.4) is 0 Å².